The Hall–Kier alpha value is -2.60. The molecule has 0 fully saturated rings. The molecule has 0 amide bonds. The highest BCUT2D eigenvalue weighted by Gasteiger charge is 2.12. The summed E-state index contributed by atoms with van der Waals surface area (Å²) in [4.78, 5) is 15.9. The summed E-state index contributed by atoms with van der Waals surface area (Å²) < 4.78 is 5.58. The van der Waals surface area contributed by atoms with E-state index < -0.39 is 0 Å². The SMILES string of the molecule is O=C(CSc1nnc(-c2ccc(N=C=S)cc2)o1)c1ccccc1. The fraction of sp³-hybridized carbons (Fsp3) is 0.0588. The summed E-state index contributed by atoms with van der Waals surface area (Å²) in [6, 6.07) is 16.3. The molecule has 0 N–H and O–H groups in total. The summed E-state index contributed by atoms with van der Waals surface area (Å²) in [7, 11) is 0. The summed E-state index contributed by atoms with van der Waals surface area (Å²) >= 11 is 5.78. The first-order valence-electron chi connectivity index (χ1n) is 6.99. The van der Waals surface area contributed by atoms with E-state index in [0.29, 0.717) is 22.4 Å². The molecule has 2 aromatic carbocycles. The standard InChI is InChI=1S/C17H11N3O2S2/c21-15(12-4-2-1-3-5-12)10-24-17-20-19-16(22-17)13-6-8-14(9-7-13)18-11-23/h1-9H,10H2. The Labute approximate surface area is 147 Å². The van der Waals surface area contributed by atoms with Gasteiger partial charge in [0.25, 0.3) is 5.22 Å². The molecule has 0 saturated carbocycles. The number of carbonyl (C=O) groups excluding carboxylic acids is 1. The average molecular weight is 353 g/mol. The molecular weight excluding hydrogens is 342 g/mol. The maximum atomic E-state index is 12.1. The highest BCUT2D eigenvalue weighted by Crippen LogP contribution is 2.25. The van der Waals surface area contributed by atoms with Crippen molar-refractivity contribution >= 4 is 40.6 Å². The average Bonchev–Trinajstić information content (AvgIpc) is 3.10. The molecule has 118 valence electrons. The van der Waals surface area contributed by atoms with Crippen LogP contribution in [0.15, 0.2) is 69.2 Å². The number of thioether (sulfide) groups is 1. The molecule has 0 spiro atoms. The Morgan fingerprint density at radius 2 is 1.88 bits per heavy atom. The Morgan fingerprint density at radius 3 is 2.58 bits per heavy atom. The van der Waals surface area contributed by atoms with Crippen LogP contribution in [0.4, 0.5) is 5.69 Å². The van der Waals surface area contributed by atoms with Crippen molar-refractivity contribution in [3.8, 4) is 11.5 Å². The maximum absolute atomic E-state index is 12.1. The predicted octanol–water partition coefficient (Wildman–Crippen LogP) is 4.45. The van der Waals surface area contributed by atoms with Crippen molar-refractivity contribution in [1.82, 2.24) is 10.2 Å². The molecular formula is C17H11N3O2S2. The summed E-state index contributed by atoms with van der Waals surface area (Å²) in [6.45, 7) is 0. The van der Waals surface area contributed by atoms with Gasteiger partial charge in [-0.2, -0.15) is 4.99 Å². The minimum Gasteiger partial charge on any atom is -0.411 e. The molecule has 0 aliphatic rings. The van der Waals surface area contributed by atoms with E-state index in [1.807, 2.05) is 30.3 Å². The van der Waals surface area contributed by atoms with Crippen molar-refractivity contribution in [1.29, 1.82) is 0 Å². The van der Waals surface area contributed by atoms with Gasteiger partial charge >= 0.3 is 0 Å². The number of rotatable bonds is 6. The van der Waals surface area contributed by atoms with E-state index in [2.05, 4.69) is 32.6 Å². The van der Waals surface area contributed by atoms with Crippen LogP contribution in [0.1, 0.15) is 10.4 Å². The number of isothiocyanates is 1. The summed E-state index contributed by atoms with van der Waals surface area (Å²) in [6.07, 6.45) is 0. The van der Waals surface area contributed by atoms with E-state index in [4.69, 9.17) is 4.42 Å². The second kappa shape index (κ2) is 7.79. The molecule has 3 aromatic rings. The number of benzene rings is 2. The normalized spacial score (nSPS) is 10.2. The first-order chi connectivity index (χ1) is 11.8. The molecule has 0 radical (unpaired) electrons. The zero-order valence-corrected chi connectivity index (χ0v) is 14.0. The van der Waals surface area contributed by atoms with Crippen molar-refractivity contribution < 1.29 is 9.21 Å². The lowest BCUT2D eigenvalue weighted by Gasteiger charge is -1.98. The molecule has 0 atom stereocenters. The van der Waals surface area contributed by atoms with Gasteiger partial charge in [0.1, 0.15) is 0 Å². The van der Waals surface area contributed by atoms with E-state index in [1.165, 1.54) is 11.8 Å². The van der Waals surface area contributed by atoms with Gasteiger partial charge in [-0.25, -0.2) is 0 Å². The van der Waals surface area contributed by atoms with Crippen LogP contribution in [0.2, 0.25) is 0 Å². The monoisotopic (exact) mass is 353 g/mol. The third-order valence-corrected chi connectivity index (χ3v) is 4.03. The van der Waals surface area contributed by atoms with Crippen LogP contribution in [-0.4, -0.2) is 26.9 Å². The van der Waals surface area contributed by atoms with Crippen molar-refractivity contribution in [2.24, 2.45) is 4.99 Å². The molecule has 3 rings (SSSR count). The summed E-state index contributed by atoms with van der Waals surface area (Å²) in [5.41, 5.74) is 2.14. The van der Waals surface area contributed by atoms with E-state index >= 15 is 0 Å². The number of nitrogens with zero attached hydrogens (tertiary/aromatic N) is 3. The lowest BCUT2D eigenvalue weighted by Crippen LogP contribution is -2.01. The number of carbonyl (C=O) groups is 1. The number of ketones is 1. The van der Waals surface area contributed by atoms with Gasteiger partial charge in [-0.3, -0.25) is 4.79 Å². The molecule has 1 heterocycles. The molecule has 0 aliphatic carbocycles. The van der Waals surface area contributed by atoms with Crippen LogP contribution in [0, 0.1) is 0 Å². The number of hydrogen-bond donors (Lipinski definition) is 0. The molecule has 0 bridgehead atoms. The van der Waals surface area contributed by atoms with E-state index in [0.717, 1.165) is 5.56 Å². The van der Waals surface area contributed by atoms with Gasteiger partial charge in [-0.15, -0.1) is 10.2 Å². The van der Waals surface area contributed by atoms with Crippen LogP contribution >= 0.6 is 24.0 Å². The fourth-order valence-corrected chi connectivity index (χ4v) is 2.71. The van der Waals surface area contributed by atoms with Gasteiger partial charge < -0.3 is 4.42 Å². The largest absolute Gasteiger partial charge is 0.411 e. The summed E-state index contributed by atoms with van der Waals surface area (Å²) in [5, 5.41) is 10.6. The second-order valence-corrected chi connectivity index (χ2v) is 5.81. The minimum atomic E-state index is 0.0164. The predicted molar refractivity (Wildman–Crippen MR) is 95.9 cm³/mol. The topological polar surface area (TPSA) is 68.3 Å². The van der Waals surface area contributed by atoms with E-state index in [-0.39, 0.29) is 11.5 Å². The molecule has 24 heavy (non-hydrogen) atoms. The van der Waals surface area contributed by atoms with Crippen molar-refractivity contribution in [3.05, 3.63) is 60.2 Å². The van der Waals surface area contributed by atoms with Gasteiger partial charge in [-0.1, -0.05) is 42.1 Å². The highest BCUT2D eigenvalue weighted by molar-refractivity contribution is 7.99. The number of thiocarbonyl (C=S) groups is 1. The third-order valence-electron chi connectivity index (χ3n) is 3.12. The lowest BCUT2D eigenvalue weighted by molar-refractivity contribution is 0.102. The Balaban J connectivity index is 1.65. The molecule has 0 saturated heterocycles. The van der Waals surface area contributed by atoms with Gasteiger partial charge in [0.15, 0.2) is 5.78 Å². The number of hydrogen-bond acceptors (Lipinski definition) is 7. The quantitative estimate of drug-likeness (QED) is 0.282. The molecule has 0 unspecified atom stereocenters. The molecule has 1 aromatic heterocycles. The zero-order valence-electron chi connectivity index (χ0n) is 12.4. The summed E-state index contributed by atoms with van der Waals surface area (Å²) in [5.74, 6) is 0.652. The van der Waals surface area contributed by atoms with Crippen LogP contribution < -0.4 is 0 Å². The molecule has 0 aliphatic heterocycles. The lowest BCUT2D eigenvalue weighted by atomic mass is 10.2. The first-order valence-corrected chi connectivity index (χ1v) is 8.38. The van der Waals surface area contributed by atoms with Gasteiger partial charge in [-0.05, 0) is 36.5 Å². The van der Waals surface area contributed by atoms with Crippen molar-refractivity contribution in [2.45, 2.75) is 5.22 Å². The van der Waals surface area contributed by atoms with Gasteiger partial charge in [0.05, 0.1) is 16.6 Å². The third kappa shape index (κ3) is 4.02. The molecule has 5 nitrogen and oxygen atoms in total. The van der Waals surface area contributed by atoms with E-state index in [9.17, 15) is 4.79 Å². The first kappa shape index (κ1) is 16.3. The second-order valence-electron chi connectivity index (χ2n) is 4.70. The maximum Gasteiger partial charge on any atom is 0.277 e. The van der Waals surface area contributed by atoms with Crippen LogP contribution in [0.5, 0.6) is 0 Å². The van der Waals surface area contributed by atoms with Crippen LogP contribution in [0.25, 0.3) is 11.5 Å². The number of Topliss-reactive ketones (excluding diaryl/α,β-unsaturated/α-hetero) is 1. The van der Waals surface area contributed by atoms with E-state index in [1.54, 1.807) is 24.3 Å². The van der Waals surface area contributed by atoms with Crippen LogP contribution in [-0.2, 0) is 0 Å². The fourth-order valence-electron chi connectivity index (χ4n) is 1.95. The highest BCUT2D eigenvalue weighted by atomic mass is 32.2. The Morgan fingerprint density at radius 1 is 1.12 bits per heavy atom. The zero-order chi connectivity index (χ0) is 16.8. The van der Waals surface area contributed by atoms with Gasteiger partial charge in [0.2, 0.25) is 5.89 Å². The smallest absolute Gasteiger partial charge is 0.277 e. The van der Waals surface area contributed by atoms with Gasteiger partial charge in [0, 0.05) is 11.1 Å². The number of aromatic nitrogens is 2. The Kier molecular flexibility index (Phi) is 5.28. The van der Waals surface area contributed by atoms with Crippen molar-refractivity contribution in [2.75, 3.05) is 5.75 Å². The minimum absolute atomic E-state index is 0.0164. The molecule has 7 heteroatoms. The van der Waals surface area contributed by atoms with Crippen molar-refractivity contribution in [3.63, 3.8) is 0 Å². The number of aliphatic imine (C=N–C) groups is 1. The Bertz CT molecular complexity index is 886. The van der Waals surface area contributed by atoms with Crippen LogP contribution in [0.3, 0.4) is 0 Å².